The SMILES string of the molecule is CCCCOc1ccc(CCNC(=O)C(C)(N)CCC)cc1.Cl. The zero-order chi connectivity index (χ0) is 16.4. The number of unbranched alkanes of at least 4 members (excludes halogenated alkanes) is 1. The lowest BCUT2D eigenvalue weighted by atomic mass is 9.96. The number of carbonyl (C=O) groups is 1. The van der Waals surface area contributed by atoms with Gasteiger partial charge < -0.3 is 15.8 Å². The van der Waals surface area contributed by atoms with E-state index in [0.29, 0.717) is 13.0 Å². The maximum absolute atomic E-state index is 12.0. The van der Waals surface area contributed by atoms with E-state index in [1.165, 1.54) is 5.56 Å². The highest BCUT2D eigenvalue weighted by Crippen LogP contribution is 2.13. The molecule has 23 heavy (non-hydrogen) atoms. The summed E-state index contributed by atoms with van der Waals surface area (Å²) in [6, 6.07) is 8.05. The van der Waals surface area contributed by atoms with E-state index >= 15 is 0 Å². The Kier molecular flexibility index (Phi) is 10.7. The second-order valence-electron chi connectivity index (χ2n) is 6.02. The first-order valence-corrected chi connectivity index (χ1v) is 8.28. The molecule has 0 spiro atoms. The number of amides is 1. The van der Waals surface area contributed by atoms with Crippen LogP contribution in [0, 0.1) is 0 Å². The summed E-state index contributed by atoms with van der Waals surface area (Å²) >= 11 is 0. The number of rotatable bonds is 10. The van der Waals surface area contributed by atoms with Gasteiger partial charge in [-0.15, -0.1) is 12.4 Å². The Hall–Kier alpha value is -1.26. The van der Waals surface area contributed by atoms with Gasteiger partial charge in [-0.05, 0) is 43.9 Å². The van der Waals surface area contributed by atoms with Crippen LogP contribution in [0.4, 0.5) is 0 Å². The maximum atomic E-state index is 12.0. The van der Waals surface area contributed by atoms with Gasteiger partial charge in [0, 0.05) is 6.54 Å². The van der Waals surface area contributed by atoms with Crippen molar-refractivity contribution in [2.75, 3.05) is 13.2 Å². The molecule has 0 radical (unpaired) electrons. The highest BCUT2D eigenvalue weighted by Gasteiger charge is 2.26. The number of halogens is 1. The van der Waals surface area contributed by atoms with Gasteiger partial charge in [0.25, 0.3) is 0 Å². The minimum atomic E-state index is -0.772. The van der Waals surface area contributed by atoms with Crippen molar-refractivity contribution in [3.8, 4) is 5.75 Å². The minimum Gasteiger partial charge on any atom is -0.494 e. The summed E-state index contributed by atoms with van der Waals surface area (Å²) in [7, 11) is 0. The molecule has 1 unspecified atom stereocenters. The lowest BCUT2D eigenvalue weighted by Gasteiger charge is -2.22. The molecule has 0 saturated carbocycles. The second-order valence-corrected chi connectivity index (χ2v) is 6.02. The molecule has 1 aromatic carbocycles. The van der Waals surface area contributed by atoms with Crippen LogP contribution < -0.4 is 15.8 Å². The molecule has 0 aliphatic rings. The van der Waals surface area contributed by atoms with Crippen molar-refractivity contribution in [1.29, 1.82) is 0 Å². The van der Waals surface area contributed by atoms with Crippen LogP contribution in [0.3, 0.4) is 0 Å². The Balaban J connectivity index is 0.00000484. The zero-order valence-electron chi connectivity index (χ0n) is 14.6. The molecule has 1 rings (SSSR count). The van der Waals surface area contributed by atoms with Crippen LogP contribution in [0.1, 0.15) is 52.0 Å². The van der Waals surface area contributed by atoms with E-state index in [-0.39, 0.29) is 18.3 Å². The first kappa shape index (κ1) is 21.7. The third kappa shape index (κ3) is 8.24. The van der Waals surface area contributed by atoms with E-state index in [1.54, 1.807) is 6.92 Å². The van der Waals surface area contributed by atoms with E-state index in [4.69, 9.17) is 10.5 Å². The normalized spacial score (nSPS) is 12.9. The summed E-state index contributed by atoms with van der Waals surface area (Å²) in [5.74, 6) is 0.826. The highest BCUT2D eigenvalue weighted by molar-refractivity contribution is 5.85. The van der Waals surface area contributed by atoms with Crippen LogP contribution in [0.15, 0.2) is 24.3 Å². The van der Waals surface area contributed by atoms with Crippen LogP contribution in [0.5, 0.6) is 5.75 Å². The van der Waals surface area contributed by atoms with Gasteiger partial charge in [0.1, 0.15) is 5.75 Å². The van der Waals surface area contributed by atoms with Crippen molar-refractivity contribution >= 4 is 18.3 Å². The molecule has 0 saturated heterocycles. The summed E-state index contributed by atoms with van der Waals surface area (Å²) in [6.45, 7) is 7.33. The van der Waals surface area contributed by atoms with Crippen LogP contribution in [-0.4, -0.2) is 24.6 Å². The van der Waals surface area contributed by atoms with E-state index in [0.717, 1.165) is 38.0 Å². The topological polar surface area (TPSA) is 64.3 Å². The summed E-state index contributed by atoms with van der Waals surface area (Å²) in [4.78, 5) is 12.0. The predicted molar refractivity (Wildman–Crippen MR) is 98.3 cm³/mol. The standard InChI is InChI=1S/C18H30N2O2.ClH/c1-4-6-14-22-16-9-7-15(8-10-16)11-13-20-17(21)18(3,19)12-5-2;/h7-10H,4-6,11-14,19H2,1-3H3,(H,20,21);1H. The van der Waals surface area contributed by atoms with Gasteiger partial charge in [0.05, 0.1) is 12.1 Å². The Morgan fingerprint density at radius 3 is 2.43 bits per heavy atom. The van der Waals surface area contributed by atoms with Gasteiger partial charge >= 0.3 is 0 Å². The van der Waals surface area contributed by atoms with Crippen molar-refractivity contribution in [3.05, 3.63) is 29.8 Å². The smallest absolute Gasteiger partial charge is 0.239 e. The Labute approximate surface area is 146 Å². The number of ether oxygens (including phenoxy) is 1. The number of hydrogen-bond acceptors (Lipinski definition) is 3. The fraction of sp³-hybridized carbons (Fsp3) is 0.611. The number of carbonyl (C=O) groups excluding carboxylic acids is 1. The summed E-state index contributed by atoms with van der Waals surface area (Å²) in [6.07, 6.45) is 4.60. The van der Waals surface area contributed by atoms with E-state index in [2.05, 4.69) is 12.2 Å². The van der Waals surface area contributed by atoms with Gasteiger partial charge in [0.15, 0.2) is 0 Å². The van der Waals surface area contributed by atoms with Crippen molar-refractivity contribution in [3.63, 3.8) is 0 Å². The molecule has 0 aliphatic carbocycles. The molecular formula is C18H31ClN2O2. The first-order valence-electron chi connectivity index (χ1n) is 8.28. The molecule has 5 heteroatoms. The van der Waals surface area contributed by atoms with Crippen molar-refractivity contribution in [1.82, 2.24) is 5.32 Å². The fourth-order valence-electron chi connectivity index (χ4n) is 2.24. The molecule has 4 nitrogen and oxygen atoms in total. The molecule has 0 fully saturated rings. The second kappa shape index (κ2) is 11.3. The van der Waals surface area contributed by atoms with E-state index < -0.39 is 5.54 Å². The van der Waals surface area contributed by atoms with Crippen molar-refractivity contribution < 1.29 is 9.53 Å². The van der Waals surface area contributed by atoms with E-state index in [1.807, 2.05) is 31.2 Å². The van der Waals surface area contributed by atoms with Gasteiger partial charge in [0.2, 0.25) is 5.91 Å². The largest absolute Gasteiger partial charge is 0.494 e. The number of hydrogen-bond donors (Lipinski definition) is 2. The molecule has 1 atom stereocenters. The van der Waals surface area contributed by atoms with Crippen molar-refractivity contribution in [2.24, 2.45) is 5.73 Å². The third-order valence-corrected chi connectivity index (χ3v) is 3.68. The molecule has 1 amide bonds. The van der Waals surface area contributed by atoms with Crippen LogP contribution in [-0.2, 0) is 11.2 Å². The average Bonchev–Trinajstić information content (AvgIpc) is 2.49. The van der Waals surface area contributed by atoms with Gasteiger partial charge in [-0.3, -0.25) is 4.79 Å². The molecule has 0 heterocycles. The predicted octanol–water partition coefficient (Wildman–Crippen LogP) is 3.46. The van der Waals surface area contributed by atoms with Gasteiger partial charge in [-0.1, -0.05) is 38.8 Å². The van der Waals surface area contributed by atoms with Gasteiger partial charge in [-0.2, -0.15) is 0 Å². The zero-order valence-corrected chi connectivity index (χ0v) is 15.4. The molecule has 0 bridgehead atoms. The molecule has 0 aliphatic heterocycles. The Bertz CT molecular complexity index is 447. The highest BCUT2D eigenvalue weighted by atomic mass is 35.5. The lowest BCUT2D eigenvalue weighted by Crippen LogP contribution is -2.51. The summed E-state index contributed by atoms with van der Waals surface area (Å²) in [5.41, 5.74) is 6.41. The van der Waals surface area contributed by atoms with E-state index in [9.17, 15) is 4.79 Å². The maximum Gasteiger partial charge on any atom is 0.239 e. The molecule has 132 valence electrons. The van der Waals surface area contributed by atoms with Crippen LogP contribution >= 0.6 is 12.4 Å². The first-order chi connectivity index (χ1) is 10.5. The Morgan fingerprint density at radius 2 is 1.87 bits per heavy atom. The average molecular weight is 343 g/mol. The van der Waals surface area contributed by atoms with Gasteiger partial charge in [-0.25, -0.2) is 0 Å². The summed E-state index contributed by atoms with van der Waals surface area (Å²) in [5, 5.41) is 2.92. The number of nitrogens with two attached hydrogens (primary N) is 1. The lowest BCUT2D eigenvalue weighted by molar-refractivity contribution is -0.126. The number of nitrogens with one attached hydrogen (secondary N) is 1. The third-order valence-electron chi connectivity index (χ3n) is 3.68. The Morgan fingerprint density at radius 1 is 1.22 bits per heavy atom. The molecule has 0 aromatic heterocycles. The monoisotopic (exact) mass is 342 g/mol. The van der Waals surface area contributed by atoms with Crippen molar-refractivity contribution in [2.45, 2.75) is 58.4 Å². The molecule has 1 aromatic rings. The number of benzene rings is 1. The van der Waals surface area contributed by atoms with Crippen LogP contribution in [0.25, 0.3) is 0 Å². The molecular weight excluding hydrogens is 312 g/mol. The summed E-state index contributed by atoms with van der Waals surface area (Å²) < 4.78 is 5.63. The fourth-order valence-corrected chi connectivity index (χ4v) is 2.24. The quantitative estimate of drug-likeness (QED) is 0.640. The minimum absolute atomic E-state index is 0. The molecule has 3 N–H and O–H groups in total. The van der Waals surface area contributed by atoms with Crippen LogP contribution in [0.2, 0.25) is 0 Å².